The predicted molar refractivity (Wildman–Crippen MR) is 89.2 cm³/mol. The Morgan fingerprint density at radius 3 is 2.86 bits per heavy atom. The number of aryl methyl sites for hydroxylation is 2. The topological polar surface area (TPSA) is 59.4 Å². The maximum absolute atomic E-state index is 11.8. The van der Waals surface area contributed by atoms with E-state index in [0.717, 1.165) is 55.1 Å². The first-order chi connectivity index (χ1) is 10.1. The van der Waals surface area contributed by atoms with Crippen LogP contribution < -0.4 is 5.32 Å². The molecule has 0 saturated carbocycles. The van der Waals surface area contributed by atoms with Crippen LogP contribution in [0.5, 0.6) is 0 Å². The van der Waals surface area contributed by atoms with E-state index in [1.54, 1.807) is 0 Å². The Morgan fingerprint density at radius 1 is 1.43 bits per heavy atom. The Kier molecular flexibility index (Phi) is 6.91. The molecular formula is C14H23IN4O2. The number of halogens is 1. The van der Waals surface area contributed by atoms with Crippen LogP contribution in [0.1, 0.15) is 18.5 Å². The van der Waals surface area contributed by atoms with Crippen molar-refractivity contribution in [2.24, 2.45) is 0 Å². The normalized spacial score (nSPS) is 16.1. The van der Waals surface area contributed by atoms with E-state index in [9.17, 15) is 4.79 Å². The first kappa shape index (κ1) is 16.7. The monoisotopic (exact) mass is 406 g/mol. The summed E-state index contributed by atoms with van der Waals surface area (Å²) in [5.41, 5.74) is 1.02. The number of amides is 1. The smallest absolute Gasteiger partial charge is 0.221 e. The molecule has 1 aliphatic heterocycles. The second-order valence-electron chi connectivity index (χ2n) is 5.23. The van der Waals surface area contributed by atoms with Crippen molar-refractivity contribution in [3.8, 4) is 0 Å². The molecule has 0 unspecified atom stereocenters. The van der Waals surface area contributed by atoms with E-state index < -0.39 is 0 Å². The van der Waals surface area contributed by atoms with Gasteiger partial charge in [-0.1, -0.05) is 0 Å². The van der Waals surface area contributed by atoms with Gasteiger partial charge in [-0.2, -0.15) is 5.10 Å². The first-order valence-electron chi connectivity index (χ1n) is 7.41. The number of hydrogen-bond donors (Lipinski definition) is 1. The van der Waals surface area contributed by atoms with Gasteiger partial charge in [-0.25, -0.2) is 0 Å². The highest BCUT2D eigenvalue weighted by Crippen LogP contribution is 2.08. The molecule has 1 fully saturated rings. The van der Waals surface area contributed by atoms with Crippen molar-refractivity contribution in [3.05, 3.63) is 15.5 Å². The van der Waals surface area contributed by atoms with Crippen molar-refractivity contribution in [1.82, 2.24) is 20.0 Å². The summed E-state index contributed by atoms with van der Waals surface area (Å²) in [6.45, 7) is 8.05. The second kappa shape index (κ2) is 8.70. The number of aromatic nitrogens is 2. The molecule has 0 bridgehead atoms. The van der Waals surface area contributed by atoms with E-state index in [1.165, 1.54) is 0 Å². The lowest BCUT2D eigenvalue weighted by molar-refractivity contribution is -0.121. The number of nitrogens with one attached hydrogen (secondary N) is 1. The zero-order chi connectivity index (χ0) is 15.1. The minimum absolute atomic E-state index is 0.0974. The van der Waals surface area contributed by atoms with Crippen LogP contribution in [0.4, 0.5) is 0 Å². The molecule has 0 aromatic carbocycles. The fourth-order valence-electron chi connectivity index (χ4n) is 2.27. The molecule has 1 aromatic rings. The van der Waals surface area contributed by atoms with Gasteiger partial charge in [-0.3, -0.25) is 14.4 Å². The van der Waals surface area contributed by atoms with Crippen molar-refractivity contribution in [2.45, 2.75) is 26.3 Å². The van der Waals surface area contributed by atoms with E-state index in [2.05, 4.69) is 37.9 Å². The highest BCUT2D eigenvalue weighted by Gasteiger charge is 2.09. The Hall–Kier alpha value is -0.670. The maximum atomic E-state index is 11.8. The van der Waals surface area contributed by atoms with E-state index in [0.29, 0.717) is 13.0 Å². The second-order valence-corrected chi connectivity index (χ2v) is 6.40. The molecule has 1 saturated heterocycles. The van der Waals surface area contributed by atoms with Gasteiger partial charge in [-0.05, 0) is 42.5 Å². The molecule has 1 aromatic heterocycles. The summed E-state index contributed by atoms with van der Waals surface area (Å²) in [6, 6.07) is 0. The minimum atomic E-state index is 0.0974. The lowest BCUT2D eigenvalue weighted by atomic mass is 10.3. The van der Waals surface area contributed by atoms with Gasteiger partial charge in [-0.15, -0.1) is 0 Å². The summed E-state index contributed by atoms with van der Waals surface area (Å²) < 4.78 is 8.28. The van der Waals surface area contributed by atoms with Gasteiger partial charge in [0, 0.05) is 38.8 Å². The van der Waals surface area contributed by atoms with E-state index in [4.69, 9.17) is 4.74 Å². The Labute approximate surface area is 139 Å². The van der Waals surface area contributed by atoms with E-state index in [1.807, 2.05) is 17.8 Å². The number of nitrogens with zero attached hydrogens (tertiary/aromatic N) is 3. The molecular weight excluding hydrogens is 383 g/mol. The number of carbonyl (C=O) groups is 1. The zero-order valence-corrected chi connectivity index (χ0v) is 14.6. The molecule has 118 valence electrons. The van der Waals surface area contributed by atoms with Crippen LogP contribution in [-0.2, 0) is 16.1 Å². The molecule has 2 rings (SSSR count). The fourth-order valence-corrected chi connectivity index (χ4v) is 2.70. The first-order valence-corrected chi connectivity index (χ1v) is 8.49. The standard InChI is InChI=1S/C14H23IN4O2/c1-12-13(15)11-19(17-12)6-3-14(20)16-4-2-5-18-7-9-21-10-8-18/h11H,2-10H2,1H3,(H,16,20). The molecule has 6 nitrogen and oxygen atoms in total. The van der Waals surface area contributed by atoms with Crippen LogP contribution in [-0.4, -0.2) is 60.0 Å². The molecule has 21 heavy (non-hydrogen) atoms. The lowest BCUT2D eigenvalue weighted by Gasteiger charge is -2.26. The molecule has 0 spiro atoms. The number of carbonyl (C=O) groups excluding carboxylic acids is 1. The van der Waals surface area contributed by atoms with Crippen LogP contribution in [0.25, 0.3) is 0 Å². The highest BCUT2D eigenvalue weighted by atomic mass is 127. The molecule has 0 aliphatic carbocycles. The van der Waals surface area contributed by atoms with Gasteiger partial charge in [0.25, 0.3) is 0 Å². The quantitative estimate of drug-likeness (QED) is 0.543. The zero-order valence-electron chi connectivity index (χ0n) is 12.5. The summed E-state index contributed by atoms with van der Waals surface area (Å²) in [5, 5.41) is 7.32. The molecule has 2 heterocycles. The van der Waals surface area contributed by atoms with Crippen molar-refractivity contribution < 1.29 is 9.53 Å². The van der Waals surface area contributed by atoms with Crippen molar-refractivity contribution in [1.29, 1.82) is 0 Å². The van der Waals surface area contributed by atoms with Gasteiger partial charge in [0.15, 0.2) is 0 Å². The summed E-state index contributed by atoms with van der Waals surface area (Å²) in [6.07, 6.45) is 3.45. The van der Waals surface area contributed by atoms with Crippen LogP contribution in [0.15, 0.2) is 6.20 Å². The lowest BCUT2D eigenvalue weighted by Crippen LogP contribution is -2.38. The van der Waals surface area contributed by atoms with Crippen molar-refractivity contribution in [3.63, 3.8) is 0 Å². The van der Waals surface area contributed by atoms with Gasteiger partial charge in [0.1, 0.15) is 0 Å². The Balaban J connectivity index is 1.55. The van der Waals surface area contributed by atoms with Crippen molar-refractivity contribution in [2.75, 3.05) is 39.4 Å². The molecule has 0 radical (unpaired) electrons. The molecule has 1 N–H and O–H groups in total. The van der Waals surface area contributed by atoms with Gasteiger partial charge >= 0.3 is 0 Å². The average molecular weight is 406 g/mol. The maximum Gasteiger partial charge on any atom is 0.221 e. The van der Waals surface area contributed by atoms with Crippen LogP contribution in [0.3, 0.4) is 0 Å². The molecule has 0 atom stereocenters. The summed E-state index contributed by atoms with van der Waals surface area (Å²) >= 11 is 2.25. The average Bonchev–Trinajstić information content (AvgIpc) is 2.81. The van der Waals surface area contributed by atoms with Crippen LogP contribution in [0, 0.1) is 10.5 Å². The number of rotatable bonds is 7. The molecule has 7 heteroatoms. The third-order valence-corrected chi connectivity index (χ3v) is 4.59. The Bertz CT molecular complexity index is 438. The Morgan fingerprint density at radius 2 is 2.19 bits per heavy atom. The van der Waals surface area contributed by atoms with Gasteiger partial charge in [0.2, 0.25) is 5.91 Å². The third-order valence-electron chi connectivity index (χ3n) is 3.53. The van der Waals surface area contributed by atoms with Crippen LogP contribution >= 0.6 is 22.6 Å². The summed E-state index contributed by atoms with van der Waals surface area (Å²) in [7, 11) is 0. The number of morpholine rings is 1. The van der Waals surface area contributed by atoms with Gasteiger partial charge in [0.05, 0.1) is 22.5 Å². The highest BCUT2D eigenvalue weighted by molar-refractivity contribution is 14.1. The summed E-state index contributed by atoms with van der Waals surface area (Å²) in [5.74, 6) is 0.0974. The largest absolute Gasteiger partial charge is 0.379 e. The van der Waals surface area contributed by atoms with Crippen molar-refractivity contribution >= 4 is 28.5 Å². The SMILES string of the molecule is Cc1nn(CCC(=O)NCCCN2CCOCC2)cc1I. The van der Waals surface area contributed by atoms with Crippen LogP contribution in [0.2, 0.25) is 0 Å². The molecule has 1 aliphatic rings. The van der Waals surface area contributed by atoms with Gasteiger partial charge < -0.3 is 10.1 Å². The summed E-state index contributed by atoms with van der Waals surface area (Å²) in [4.78, 5) is 14.2. The fraction of sp³-hybridized carbons (Fsp3) is 0.714. The van der Waals surface area contributed by atoms with E-state index in [-0.39, 0.29) is 5.91 Å². The predicted octanol–water partition coefficient (Wildman–Crippen LogP) is 1.02. The third kappa shape index (κ3) is 5.91. The molecule has 1 amide bonds. The minimum Gasteiger partial charge on any atom is -0.379 e. The number of ether oxygens (including phenoxy) is 1. The number of hydrogen-bond acceptors (Lipinski definition) is 4. The van der Waals surface area contributed by atoms with E-state index >= 15 is 0 Å².